The lowest BCUT2D eigenvalue weighted by atomic mass is 9.93. The summed E-state index contributed by atoms with van der Waals surface area (Å²) in [6.45, 7) is 7.19. The summed E-state index contributed by atoms with van der Waals surface area (Å²) >= 11 is 0. The van der Waals surface area contributed by atoms with E-state index in [0.29, 0.717) is 6.54 Å². The van der Waals surface area contributed by atoms with Crippen molar-refractivity contribution in [3.8, 4) is 0 Å². The SMILES string of the molecule is CC(=O)[C@H]1CN(C(=O)OC(C)(C)C)CCC1=O. The van der Waals surface area contributed by atoms with Crippen molar-refractivity contribution in [1.29, 1.82) is 0 Å². The van der Waals surface area contributed by atoms with Crippen LogP contribution in [0.4, 0.5) is 4.79 Å². The lowest BCUT2D eigenvalue weighted by molar-refractivity contribution is -0.134. The van der Waals surface area contributed by atoms with Crippen molar-refractivity contribution in [2.45, 2.75) is 39.7 Å². The summed E-state index contributed by atoms with van der Waals surface area (Å²) in [5.74, 6) is -0.961. The van der Waals surface area contributed by atoms with Crippen LogP contribution >= 0.6 is 0 Å². The monoisotopic (exact) mass is 241 g/mol. The van der Waals surface area contributed by atoms with E-state index in [0.717, 1.165) is 0 Å². The number of amides is 1. The molecule has 0 N–H and O–H groups in total. The van der Waals surface area contributed by atoms with Crippen LogP contribution in [0.15, 0.2) is 0 Å². The van der Waals surface area contributed by atoms with E-state index in [1.54, 1.807) is 20.8 Å². The maximum absolute atomic E-state index is 11.8. The second kappa shape index (κ2) is 4.85. The highest BCUT2D eigenvalue weighted by Crippen LogP contribution is 2.17. The molecule has 1 atom stereocenters. The Labute approximate surface area is 101 Å². The number of ether oxygens (including phenoxy) is 1. The highest BCUT2D eigenvalue weighted by Gasteiger charge is 2.34. The van der Waals surface area contributed by atoms with Gasteiger partial charge in [0.15, 0.2) is 0 Å². The Bertz CT molecular complexity index is 343. The number of nitrogens with zero attached hydrogens (tertiary/aromatic N) is 1. The lowest BCUT2D eigenvalue weighted by Crippen LogP contribution is -2.48. The van der Waals surface area contributed by atoms with Gasteiger partial charge in [-0.3, -0.25) is 9.59 Å². The zero-order valence-electron chi connectivity index (χ0n) is 10.8. The van der Waals surface area contributed by atoms with E-state index in [1.165, 1.54) is 11.8 Å². The minimum Gasteiger partial charge on any atom is -0.444 e. The molecule has 1 aliphatic heterocycles. The Morgan fingerprint density at radius 2 is 1.94 bits per heavy atom. The normalized spacial score (nSPS) is 21.3. The molecule has 17 heavy (non-hydrogen) atoms. The average molecular weight is 241 g/mol. The predicted octanol–water partition coefficient (Wildman–Crippen LogP) is 1.40. The van der Waals surface area contributed by atoms with Crippen molar-refractivity contribution >= 4 is 17.7 Å². The van der Waals surface area contributed by atoms with Crippen molar-refractivity contribution < 1.29 is 19.1 Å². The van der Waals surface area contributed by atoms with E-state index < -0.39 is 17.6 Å². The molecule has 0 spiro atoms. The highest BCUT2D eigenvalue weighted by molar-refractivity contribution is 6.02. The van der Waals surface area contributed by atoms with Gasteiger partial charge in [-0.25, -0.2) is 4.79 Å². The molecule has 5 heteroatoms. The minimum atomic E-state index is -0.684. The lowest BCUT2D eigenvalue weighted by Gasteiger charge is -2.32. The smallest absolute Gasteiger partial charge is 0.410 e. The van der Waals surface area contributed by atoms with Gasteiger partial charge in [0.25, 0.3) is 0 Å². The number of hydrogen-bond donors (Lipinski definition) is 0. The van der Waals surface area contributed by atoms with Crippen molar-refractivity contribution in [2.24, 2.45) is 5.92 Å². The third-order valence-corrected chi connectivity index (χ3v) is 2.56. The molecule has 1 rings (SSSR count). The second-order valence-electron chi connectivity index (χ2n) is 5.31. The molecule has 0 aromatic rings. The number of Topliss-reactive ketones (excluding diaryl/α,β-unsaturated/α-hetero) is 2. The average Bonchev–Trinajstić information content (AvgIpc) is 2.14. The number of ketones is 2. The maximum atomic E-state index is 11.8. The van der Waals surface area contributed by atoms with Crippen LogP contribution in [0.5, 0.6) is 0 Å². The molecule has 0 aromatic heterocycles. The predicted molar refractivity (Wildman–Crippen MR) is 61.6 cm³/mol. The first-order chi connectivity index (χ1) is 7.70. The van der Waals surface area contributed by atoms with Crippen molar-refractivity contribution in [1.82, 2.24) is 4.90 Å². The molecule has 5 nitrogen and oxygen atoms in total. The van der Waals surface area contributed by atoms with Gasteiger partial charge < -0.3 is 9.64 Å². The molecule has 1 fully saturated rings. The van der Waals surface area contributed by atoms with E-state index in [2.05, 4.69) is 0 Å². The summed E-state index contributed by atoms with van der Waals surface area (Å²) in [5, 5.41) is 0. The Hall–Kier alpha value is -1.39. The molecule has 0 radical (unpaired) electrons. The molecule has 1 amide bonds. The fraction of sp³-hybridized carbons (Fsp3) is 0.750. The van der Waals surface area contributed by atoms with Gasteiger partial charge >= 0.3 is 6.09 Å². The summed E-state index contributed by atoms with van der Waals surface area (Å²) in [6.07, 6.45) is -0.236. The number of rotatable bonds is 1. The Balaban J connectivity index is 2.65. The summed E-state index contributed by atoms with van der Waals surface area (Å²) in [7, 11) is 0. The number of hydrogen-bond acceptors (Lipinski definition) is 4. The molecule has 0 bridgehead atoms. The fourth-order valence-electron chi connectivity index (χ4n) is 1.68. The third-order valence-electron chi connectivity index (χ3n) is 2.56. The number of likely N-dealkylation sites (tertiary alicyclic amines) is 1. The molecular weight excluding hydrogens is 222 g/mol. The number of carbonyl (C=O) groups excluding carboxylic acids is 3. The van der Waals surface area contributed by atoms with Crippen LogP contribution in [0.1, 0.15) is 34.1 Å². The van der Waals surface area contributed by atoms with Crippen LogP contribution in [-0.2, 0) is 14.3 Å². The third kappa shape index (κ3) is 3.84. The van der Waals surface area contributed by atoms with Crippen LogP contribution in [0.3, 0.4) is 0 Å². The van der Waals surface area contributed by atoms with Gasteiger partial charge in [-0.2, -0.15) is 0 Å². The second-order valence-corrected chi connectivity index (χ2v) is 5.31. The molecule has 0 aliphatic carbocycles. The molecule has 1 saturated heterocycles. The van der Waals surface area contributed by atoms with Crippen molar-refractivity contribution in [2.75, 3.05) is 13.1 Å². The Morgan fingerprint density at radius 1 is 1.35 bits per heavy atom. The zero-order chi connectivity index (χ0) is 13.2. The maximum Gasteiger partial charge on any atom is 0.410 e. The number of piperidine rings is 1. The number of carbonyl (C=O) groups is 3. The van der Waals surface area contributed by atoms with Gasteiger partial charge in [-0.1, -0.05) is 0 Å². The largest absolute Gasteiger partial charge is 0.444 e. The van der Waals surface area contributed by atoms with Crippen LogP contribution in [0, 0.1) is 5.92 Å². The van der Waals surface area contributed by atoms with Crippen LogP contribution < -0.4 is 0 Å². The topological polar surface area (TPSA) is 63.7 Å². The Kier molecular flexibility index (Phi) is 3.91. The zero-order valence-corrected chi connectivity index (χ0v) is 10.8. The summed E-state index contributed by atoms with van der Waals surface area (Å²) in [6, 6.07) is 0. The first-order valence-corrected chi connectivity index (χ1v) is 5.72. The van der Waals surface area contributed by atoms with Crippen molar-refractivity contribution in [3.05, 3.63) is 0 Å². The van der Waals surface area contributed by atoms with Gasteiger partial charge in [0, 0.05) is 19.5 Å². The van der Waals surface area contributed by atoms with Gasteiger partial charge in [0.05, 0.1) is 5.92 Å². The molecule has 0 saturated carbocycles. The first-order valence-electron chi connectivity index (χ1n) is 5.72. The molecule has 0 unspecified atom stereocenters. The summed E-state index contributed by atoms with van der Waals surface area (Å²) in [4.78, 5) is 36.0. The molecule has 1 aliphatic rings. The minimum absolute atomic E-state index is 0.0858. The van der Waals surface area contributed by atoms with E-state index in [9.17, 15) is 14.4 Å². The van der Waals surface area contributed by atoms with E-state index in [-0.39, 0.29) is 24.5 Å². The highest BCUT2D eigenvalue weighted by atomic mass is 16.6. The molecule has 1 heterocycles. The first kappa shape index (κ1) is 13.7. The Morgan fingerprint density at radius 3 is 2.41 bits per heavy atom. The van der Waals surface area contributed by atoms with Crippen LogP contribution in [-0.4, -0.2) is 41.3 Å². The van der Waals surface area contributed by atoms with E-state index >= 15 is 0 Å². The molecule has 96 valence electrons. The van der Waals surface area contributed by atoms with E-state index in [1.807, 2.05) is 0 Å². The van der Waals surface area contributed by atoms with Crippen LogP contribution in [0.25, 0.3) is 0 Å². The summed E-state index contributed by atoms with van der Waals surface area (Å²) < 4.78 is 5.20. The molecular formula is C12H19NO4. The standard InChI is InChI=1S/C12H19NO4/c1-8(14)9-7-13(6-5-10(9)15)11(16)17-12(2,3)4/h9H,5-7H2,1-4H3/t9-/m1/s1. The van der Waals surface area contributed by atoms with Gasteiger partial charge in [-0.15, -0.1) is 0 Å². The quantitative estimate of drug-likeness (QED) is 0.651. The van der Waals surface area contributed by atoms with Crippen molar-refractivity contribution in [3.63, 3.8) is 0 Å². The fourth-order valence-corrected chi connectivity index (χ4v) is 1.68. The molecule has 0 aromatic carbocycles. The van der Waals surface area contributed by atoms with Gasteiger partial charge in [-0.05, 0) is 27.7 Å². The van der Waals surface area contributed by atoms with Gasteiger partial charge in [0.2, 0.25) is 0 Å². The summed E-state index contributed by atoms with van der Waals surface area (Å²) in [5.41, 5.74) is -0.565. The van der Waals surface area contributed by atoms with Crippen LogP contribution in [0.2, 0.25) is 0 Å². The van der Waals surface area contributed by atoms with E-state index in [4.69, 9.17) is 4.74 Å². The van der Waals surface area contributed by atoms with Gasteiger partial charge in [0.1, 0.15) is 17.2 Å².